The molecule has 1 fully saturated rings. The van der Waals surface area contributed by atoms with Gasteiger partial charge in [-0.3, -0.25) is 4.79 Å². The van der Waals surface area contributed by atoms with Crippen LogP contribution in [-0.2, 0) is 9.53 Å². The molecule has 0 aliphatic heterocycles. The molecular formula is C10H18O2. The van der Waals surface area contributed by atoms with E-state index in [1.54, 1.807) is 14.0 Å². The van der Waals surface area contributed by atoms with E-state index < -0.39 is 0 Å². The summed E-state index contributed by atoms with van der Waals surface area (Å²) in [5.41, 5.74) is 0.0541. The van der Waals surface area contributed by atoms with Crippen LogP contribution in [0, 0.1) is 5.41 Å². The maximum absolute atomic E-state index is 11.3. The maximum atomic E-state index is 11.3. The molecule has 0 N–H and O–H groups in total. The first-order chi connectivity index (χ1) is 5.71. The summed E-state index contributed by atoms with van der Waals surface area (Å²) in [4.78, 5) is 11.3. The number of carbonyl (C=O) groups is 1. The van der Waals surface area contributed by atoms with Crippen LogP contribution in [0.5, 0.6) is 0 Å². The number of ether oxygens (including phenoxy) is 1. The zero-order valence-corrected chi connectivity index (χ0v) is 8.06. The predicted molar refractivity (Wildman–Crippen MR) is 48.1 cm³/mol. The molecule has 0 bridgehead atoms. The summed E-state index contributed by atoms with van der Waals surface area (Å²) in [5.74, 6) is 0.379. The first-order valence-corrected chi connectivity index (χ1v) is 4.71. The molecular weight excluding hydrogens is 152 g/mol. The molecule has 0 unspecified atom stereocenters. The van der Waals surface area contributed by atoms with Crippen LogP contribution < -0.4 is 0 Å². The summed E-state index contributed by atoms with van der Waals surface area (Å²) < 4.78 is 4.97. The molecule has 1 aliphatic carbocycles. The van der Waals surface area contributed by atoms with E-state index in [1.165, 1.54) is 6.42 Å². The molecule has 1 aliphatic rings. The van der Waals surface area contributed by atoms with Crippen molar-refractivity contribution in [2.75, 3.05) is 13.7 Å². The second kappa shape index (κ2) is 4.04. The Morgan fingerprint density at radius 1 is 1.50 bits per heavy atom. The molecule has 1 rings (SSSR count). The maximum Gasteiger partial charge on any atom is 0.135 e. The second-order valence-electron chi connectivity index (χ2n) is 3.79. The minimum absolute atomic E-state index is 0.0541. The Labute approximate surface area is 74.3 Å². The van der Waals surface area contributed by atoms with Gasteiger partial charge in [0.1, 0.15) is 5.78 Å². The lowest BCUT2D eigenvalue weighted by Gasteiger charge is -2.39. The predicted octanol–water partition coefficient (Wildman–Crippen LogP) is 2.17. The van der Waals surface area contributed by atoms with Crippen molar-refractivity contribution < 1.29 is 9.53 Å². The highest BCUT2D eigenvalue weighted by Gasteiger charge is 2.40. The molecule has 0 aromatic carbocycles. The Bertz CT molecular complexity index is 159. The van der Waals surface area contributed by atoms with Crippen LogP contribution in [0.4, 0.5) is 0 Å². The van der Waals surface area contributed by atoms with E-state index in [0.717, 1.165) is 32.3 Å². The average molecular weight is 170 g/mol. The Balaban J connectivity index is 2.30. The van der Waals surface area contributed by atoms with Gasteiger partial charge in [0.25, 0.3) is 0 Å². The third kappa shape index (κ3) is 1.86. The van der Waals surface area contributed by atoms with E-state index in [1.807, 2.05) is 0 Å². The molecule has 0 spiro atoms. The minimum atomic E-state index is 0.0541. The van der Waals surface area contributed by atoms with Crippen LogP contribution in [0.1, 0.15) is 39.0 Å². The van der Waals surface area contributed by atoms with E-state index in [9.17, 15) is 4.79 Å². The van der Waals surface area contributed by atoms with Gasteiger partial charge in [-0.2, -0.15) is 0 Å². The number of methoxy groups -OCH3 is 1. The number of ketones is 1. The van der Waals surface area contributed by atoms with Gasteiger partial charge in [-0.15, -0.1) is 0 Å². The van der Waals surface area contributed by atoms with Crippen LogP contribution in [0.25, 0.3) is 0 Å². The topological polar surface area (TPSA) is 26.3 Å². The van der Waals surface area contributed by atoms with Crippen LogP contribution in [0.3, 0.4) is 0 Å². The Morgan fingerprint density at radius 2 is 2.17 bits per heavy atom. The SMILES string of the molecule is COCCCC1(C(C)=O)CCC1. The van der Waals surface area contributed by atoms with Crippen molar-refractivity contribution in [2.24, 2.45) is 5.41 Å². The van der Waals surface area contributed by atoms with E-state index >= 15 is 0 Å². The smallest absolute Gasteiger partial charge is 0.135 e. The third-order valence-corrected chi connectivity index (χ3v) is 3.06. The normalized spacial score (nSPS) is 20.2. The number of hydrogen-bond donors (Lipinski definition) is 0. The molecule has 12 heavy (non-hydrogen) atoms. The van der Waals surface area contributed by atoms with Gasteiger partial charge >= 0.3 is 0 Å². The van der Waals surface area contributed by atoms with Crippen molar-refractivity contribution in [3.63, 3.8) is 0 Å². The van der Waals surface area contributed by atoms with E-state index in [-0.39, 0.29) is 5.41 Å². The van der Waals surface area contributed by atoms with Gasteiger partial charge in [0.2, 0.25) is 0 Å². The molecule has 0 heterocycles. The zero-order chi connectivity index (χ0) is 9.03. The number of Topliss-reactive ketones (excluding diaryl/α,β-unsaturated/α-hetero) is 1. The summed E-state index contributed by atoms with van der Waals surface area (Å²) in [6.45, 7) is 2.51. The van der Waals surface area contributed by atoms with E-state index in [2.05, 4.69) is 0 Å². The monoisotopic (exact) mass is 170 g/mol. The molecule has 0 aromatic heterocycles. The first kappa shape index (κ1) is 9.72. The number of rotatable bonds is 5. The quantitative estimate of drug-likeness (QED) is 0.591. The minimum Gasteiger partial charge on any atom is -0.385 e. The standard InChI is InChI=1S/C10H18O2/c1-9(11)10(5-3-6-10)7-4-8-12-2/h3-8H2,1-2H3. The molecule has 2 heteroatoms. The van der Waals surface area contributed by atoms with Crippen LogP contribution in [0.2, 0.25) is 0 Å². The van der Waals surface area contributed by atoms with Gasteiger partial charge in [-0.1, -0.05) is 6.42 Å². The van der Waals surface area contributed by atoms with Gasteiger partial charge in [-0.05, 0) is 32.6 Å². The number of carbonyl (C=O) groups excluding carboxylic acids is 1. The highest BCUT2D eigenvalue weighted by Crippen LogP contribution is 2.45. The lowest BCUT2D eigenvalue weighted by molar-refractivity contribution is -0.132. The molecule has 1 saturated carbocycles. The van der Waals surface area contributed by atoms with Crippen molar-refractivity contribution in [1.29, 1.82) is 0 Å². The molecule has 0 atom stereocenters. The van der Waals surface area contributed by atoms with Crippen LogP contribution in [-0.4, -0.2) is 19.5 Å². The average Bonchev–Trinajstić information content (AvgIpc) is 1.94. The molecule has 0 radical (unpaired) electrons. The van der Waals surface area contributed by atoms with Crippen molar-refractivity contribution in [1.82, 2.24) is 0 Å². The first-order valence-electron chi connectivity index (χ1n) is 4.71. The lowest BCUT2D eigenvalue weighted by atomic mass is 9.64. The van der Waals surface area contributed by atoms with Gasteiger partial charge in [-0.25, -0.2) is 0 Å². The van der Waals surface area contributed by atoms with Crippen molar-refractivity contribution in [3.05, 3.63) is 0 Å². The van der Waals surface area contributed by atoms with Crippen molar-refractivity contribution >= 4 is 5.78 Å². The Morgan fingerprint density at radius 3 is 2.50 bits per heavy atom. The fourth-order valence-electron chi connectivity index (χ4n) is 1.94. The van der Waals surface area contributed by atoms with Crippen molar-refractivity contribution in [3.8, 4) is 0 Å². The summed E-state index contributed by atoms with van der Waals surface area (Å²) in [5, 5.41) is 0. The number of hydrogen-bond acceptors (Lipinski definition) is 2. The highest BCUT2D eigenvalue weighted by molar-refractivity contribution is 5.83. The summed E-state index contributed by atoms with van der Waals surface area (Å²) in [7, 11) is 1.71. The van der Waals surface area contributed by atoms with Gasteiger partial charge < -0.3 is 4.74 Å². The van der Waals surface area contributed by atoms with E-state index in [4.69, 9.17) is 4.74 Å². The van der Waals surface area contributed by atoms with Crippen LogP contribution >= 0.6 is 0 Å². The second-order valence-corrected chi connectivity index (χ2v) is 3.79. The molecule has 0 aromatic rings. The summed E-state index contributed by atoms with van der Waals surface area (Å²) in [6.07, 6.45) is 5.48. The molecule has 0 amide bonds. The Hall–Kier alpha value is -0.370. The largest absolute Gasteiger partial charge is 0.385 e. The third-order valence-electron chi connectivity index (χ3n) is 3.06. The fraction of sp³-hybridized carbons (Fsp3) is 0.900. The van der Waals surface area contributed by atoms with Gasteiger partial charge in [0, 0.05) is 19.1 Å². The Kier molecular flexibility index (Phi) is 3.27. The van der Waals surface area contributed by atoms with Crippen molar-refractivity contribution in [2.45, 2.75) is 39.0 Å². The van der Waals surface area contributed by atoms with E-state index in [0.29, 0.717) is 5.78 Å². The molecule has 2 nitrogen and oxygen atoms in total. The van der Waals surface area contributed by atoms with Gasteiger partial charge in [0.05, 0.1) is 0 Å². The van der Waals surface area contributed by atoms with Crippen LogP contribution in [0.15, 0.2) is 0 Å². The summed E-state index contributed by atoms with van der Waals surface area (Å²) in [6, 6.07) is 0. The fourth-order valence-corrected chi connectivity index (χ4v) is 1.94. The lowest BCUT2D eigenvalue weighted by Crippen LogP contribution is -2.36. The molecule has 0 saturated heterocycles. The van der Waals surface area contributed by atoms with Gasteiger partial charge in [0.15, 0.2) is 0 Å². The summed E-state index contributed by atoms with van der Waals surface area (Å²) >= 11 is 0. The molecule has 70 valence electrons. The highest BCUT2D eigenvalue weighted by atomic mass is 16.5. The zero-order valence-electron chi connectivity index (χ0n) is 8.06.